The largest absolute Gasteiger partial charge is 0.480 e. The van der Waals surface area contributed by atoms with E-state index in [1.165, 1.54) is 7.05 Å². The van der Waals surface area contributed by atoms with Gasteiger partial charge < -0.3 is 10.4 Å². The van der Waals surface area contributed by atoms with E-state index in [9.17, 15) is 14.4 Å². The van der Waals surface area contributed by atoms with Crippen molar-refractivity contribution in [3.63, 3.8) is 0 Å². The third kappa shape index (κ3) is 8.51. The van der Waals surface area contributed by atoms with Crippen LogP contribution >= 0.6 is 0 Å². The number of rotatable bonds is 7. The van der Waals surface area contributed by atoms with Gasteiger partial charge in [-0.2, -0.15) is 0 Å². The van der Waals surface area contributed by atoms with Gasteiger partial charge in [-0.3, -0.25) is 19.8 Å². The van der Waals surface area contributed by atoms with Crippen molar-refractivity contribution in [2.24, 2.45) is 5.92 Å². The summed E-state index contributed by atoms with van der Waals surface area (Å²) in [4.78, 5) is 34.5. The number of hydrogen-bond donors (Lipinski definition) is 3. The Morgan fingerprint density at radius 3 is 2.33 bits per heavy atom. The van der Waals surface area contributed by atoms with Gasteiger partial charge in [-0.15, -0.1) is 0 Å². The standard InChI is InChI=1S/C11H21N3O4/c1-8(2)6-14(7-10(16)17)5-4-9(15)13-11(18)12-3/h8H,4-7H2,1-3H3,(H,16,17)(H2,12,13,15,18). The first-order chi connectivity index (χ1) is 8.35. The number of nitrogens with one attached hydrogen (secondary N) is 2. The van der Waals surface area contributed by atoms with Crippen molar-refractivity contribution in [1.29, 1.82) is 0 Å². The molecule has 0 aromatic heterocycles. The van der Waals surface area contributed by atoms with E-state index in [1.807, 2.05) is 13.8 Å². The van der Waals surface area contributed by atoms with E-state index in [2.05, 4.69) is 10.6 Å². The number of carbonyl (C=O) groups is 3. The first-order valence-corrected chi connectivity index (χ1v) is 5.80. The highest BCUT2D eigenvalue weighted by atomic mass is 16.4. The Bertz CT molecular complexity index is 305. The van der Waals surface area contributed by atoms with Crippen LogP contribution in [0.1, 0.15) is 20.3 Å². The summed E-state index contributed by atoms with van der Waals surface area (Å²) in [6.45, 7) is 4.75. The highest BCUT2D eigenvalue weighted by molar-refractivity contribution is 5.94. The van der Waals surface area contributed by atoms with Crippen LogP contribution in [0.4, 0.5) is 4.79 Å². The van der Waals surface area contributed by atoms with Gasteiger partial charge >= 0.3 is 12.0 Å². The van der Waals surface area contributed by atoms with E-state index in [-0.39, 0.29) is 13.0 Å². The third-order valence-electron chi connectivity index (χ3n) is 2.12. The fourth-order valence-corrected chi connectivity index (χ4v) is 1.45. The Kier molecular flexibility index (Phi) is 7.69. The van der Waals surface area contributed by atoms with Gasteiger partial charge in [0.25, 0.3) is 0 Å². The minimum Gasteiger partial charge on any atom is -0.480 e. The minimum absolute atomic E-state index is 0.0907. The molecule has 0 aromatic carbocycles. The molecule has 0 aliphatic carbocycles. The van der Waals surface area contributed by atoms with Gasteiger partial charge in [0.05, 0.1) is 6.54 Å². The maximum absolute atomic E-state index is 11.3. The van der Waals surface area contributed by atoms with Crippen LogP contribution in [0.3, 0.4) is 0 Å². The molecular formula is C11H21N3O4. The molecule has 18 heavy (non-hydrogen) atoms. The second kappa shape index (κ2) is 8.46. The molecule has 0 bridgehead atoms. The van der Waals surface area contributed by atoms with Crippen LogP contribution in [-0.2, 0) is 9.59 Å². The number of hydrogen-bond acceptors (Lipinski definition) is 4. The number of amides is 3. The zero-order chi connectivity index (χ0) is 14.1. The molecule has 7 nitrogen and oxygen atoms in total. The molecule has 0 aliphatic heterocycles. The van der Waals surface area contributed by atoms with Crippen LogP contribution in [0, 0.1) is 5.92 Å². The minimum atomic E-state index is -0.928. The Balaban J connectivity index is 4.12. The maximum atomic E-state index is 11.3. The maximum Gasteiger partial charge on any atom is 0.321 e. The fraction of sp³-hybridized carbons (Fsp3) is 0.727. The molecule has 0 heterocycles. The third-order valence-corrected chi connectivity index (χ3v) is 2.12. The molecule has 0 aliphatic rings. The molecule has 3 amide bonds. The molecule has 0 aromatic rings. The van der Waals surface area contributed by atoms with Crippen molar-refractivity contribution < 1.29 is 19.5 Å². The first-order valence-electron chi connectivity index (χ1n) is 5.80. The molecule has 0 saturated carbocycles. The fourth-order valence-electron chi connectivity index (χ4n) is 1.45. The molecule has 0 spiro atoms. The Morgan fingerprint density at radius 1 is 1.28 bits per heavy atom. The Morgan fingerprint density at radius 2 is 1.89 bits per heavy atom. The molecular weight excluding hydrogens is 238 g/mol. The van der Waals surface area contributed by atoms with Crippen LogP contribution in [0.2, 0.25) is 0 Å². The molecule has 0 atom stereocenters. The number of carboxylic acids is 1. The molecule has 3 N–H and O–H groups in total. The molecule has 0 fully saturated rings. The summed E-state index contributed by atoms with van der Waals surface area (Å²) >= 11 is 0. The van der Waals surface area contributed by atoms with Crippen molar-refractivity contribution in [3.05, 3.63) is 0 Å². The molecule has 0 saturated heterocycles. The highest BCUT2D eigenvalue weighted by Crippen LogP contribution is 2.00. The van der Waals surface area contributed by atoms with E-state index >= 15 is 0 Å². The molecule has 0 radical (unpaired) electrons. The SMILES string of the molecule is CNC(=O)NC(=O)CCN(CC(=O)O)CC(C)C. The normalized spacial score (nSPS) is 10.5. The lowest BCUT2D eigenvalue weighted by atomic mass is 10.2. The monoisotopic (exact) mass is 259 g/mol. The van der Waals surface area contributed by atoms with Crippen molar-refractivity contribution >= 4 is 17.9 Å². The average Bonchev–Trinajstić information content (AvgIpc) is 2.24. The summed E-state index contributed by atoms with van der Waals surface area (Å²) in [6.07, 6.45) is 0.0907. The van der Waals surface area contributed by atoms with Gasteiger partial charge in [-0.25, -0.2) is 4.79 Å². The van der Waals surface area contributed by atoms with Gasteiger partial charge in [-0.05, 0) is 5.92 Å². The second-order valence-electron chi connectivity index (χ2n) is 4.40. The summed E-state index contributed by atoms with van der Waals surface area (Å²) in [7, 11) is 1.41. The number of carbonyl (C=O) groups excluding carboxylic acids is 2. The molecule has 104 valence electrons. The van der Waals surface area contributed by atoms with Gasteiger partial charge in [0.1, 0.15) is 0 Å². The van der Waals surface area contributed by atoms with Gasteiger partial charge in [0.2, 0.25) is 5.91 Å². The van der Waals surface area contributed by atoms with E-state index in [4.69, 9.17) is 5.11 Å². The highest BCUT2D eigenvalue weighted by Gasteiger charge is 2.14. The van der Waals surface area contributed by atoms with Gasteiger partial charge in [0, 0.05) is 26.6 Å². The predicted molar refractivity (Wildman–Crippen MR) is 66.1 cm³/mol. The number of carboxylic acid groups (broad SMARTS) is 1. The summed E-state index contributed by atoms with van der Waals surface area (Å²) in [5, 5.41) is 13.1. The molecule has 0 rings (SSSR count). The number of urea groups is 1. The molecule has 7 heteroatoms. The average molecular weight is 259 g/mol. The zero-order valence-electron chi connectivity index (χ0n) is 11.0. The number of aliphatic carboxylic acids is 1. The van der Waals surface area contributed by atoms with E-state index in [0.29, 0.717) is 19.0 Å². The first kappa shape index (κ1) is 16.4. The van der Waals surface area contributed by atoms with Crippen LogP contribution in [-0.4, -0.2) is 54.6 Å². The van der Waals surface area contributed by atoms with E-state index < -0.39 is 17.9 Å². The Labute approximate surface area is 107 Å². The van der Waals surface area contributed by atoms with E-state index in [1.54, 1.807) is 4.90 Å². The van der Waals surface area contributed by atoms with Crippen molar-refractivity contribution in [2.45, 2.75) is 20.3 Å². The van der Waals surface area contributed by atoms with Crippen LogP contribution in [0.25, 0.3) is 0 Å². The lowest BCUT2D eigenvalue weighted by Crippen LogP contribution is -2.40. The summed E-state index contributed by atoms with van der Waals surface area (Å²) < 4.78 is 0. The lowest BCUT2D eigenvalue weighted by molar-refractivity contribution is -0.138. The van der Waals surface area contributed by atoms with Gasteiger partial charge in [-0.1, -0.05) is 13.8 Å². The number of nitrogens with zero attached hydrogens (tertiary/aromatic N) is 1. The second-order valence-corrected chi connectivity index (χ2v) is 4.40. The molecule has 0 unspecified atom stereocenters. The van der Waals surface area contributed by atoms with Crippen LogP contribution in [0.15, 0.2) is 0 Å². The quantitative estimate of drug-likeness (QED) is 0.592. The summed E-state index contributed by atoms with van der Waals surface area (Å²) in [6, 6.07) is -0.561. The Hall–Kier alpha value is -1.63. The summed E-state index contributed by atoms with van der Waals surface area (Å²) in [5.41, 5.74) is 0. The van der Waals surface area contributed by atoms with Crippen LogP contribution < -0.4 is 10.6 Å². The van der Waals surface area contributed by atoms with Gasteiger partial charge in [0.15, 0.2) is 0 Å². The summed E-state index contributed by atoms with van der Waals surface area (Å²) in [5.74, 6) is -1.04. The number of imide groups is 1. The van der Waals surface area contributed by atoms with Crippen molar-refractivity contribution in [3.8, 4) is 0 Å². The van der Waals surface area contributed by atoms with Crippen LogP contribution in [0.5, 0.6) is 0 Å². The lowest BCUT2D eigenvalue weighted by Gasteiger charge is -2.21. The topological polar surface area (TPSA) is 98.7 Å². The smallest absolute Gasteiger partial charge is 0.321 e. The van der Waals surface area contributed by atoms with E-state index in [0.717, 1.165) is 0 Å². The van der Waals surface area contributed by atoms with Crippen molar-refractivity contribution in [1.82, 2.24) is 15.5 Å². The predicted octanol–water partition coefficient (Wildman–Crippen LogP) is -0.125. The van der Waals surface area contributed by atoms with Crippen molar-refractivity contribution in [2.75, 3.05) is 26.7 Å². The zero-order valence-corrected chi connectivity index (χ0v) is 11.0.